The van der Waals surface area contributed by atoms with Gasteiger partial charge in [0.25, 0.3) is 6.43 Å². The van der Waals surface area contributed by atoms with Crippen molar-refractivity contribution < 1.29 is 8.78 Å². The zero-order chi connectivity index (χ0) is 13.3. The minimum absolute atomic E-state index is 0. The van der Waals surface area contributed by atoms with E-state index < -0.39 is 6.43 Å². The second-order valence-electron chi connectivity index (χ2n) is 5.93. The highest BCUT2D eigenvalue weighted by Crippen LogP contribution is 2.36. The van der Waals surface area contributed by atoms with E-state index in [4.69, 9.17) is 0 Å². The molecular formula is C15H21ClF2N2. The van der Waals surface area contributed by atoms with Crippen LogP contribution in [-0.2, 0) is 6.54 Å². The third-order valence-electron chi connectivity index (χ3n) is 4.49. The zero-order valence-electron chi connectivity index (χ0n) is 11.4. The van der Waals surface area contributed by atoms with Crippen LogP contribution in [0, 0.1) is 5.41 Å². The Morgan fingerprint density at radius 2 is 1.95 bits per heavy atom. The molecule has 1 atom stereocenters. The maximum Gasteiger partial charge on any atom is 0.263 e. The maximum atomic E-state index is 12.5. The predicted molar refractivity (Wildman–Crippen MR) is 78.5 cm³/mol. The van der Waals surface area contributed by atoms with Gasteiger partial charge in [0.05, 0.1) is 0 Å². The Hall–Kier alpha value is -0.710. The molecule has 1 aromatic rings. The molecule has 0 radical (unpaired) electrons. The molecule has 1 aromatic carbocycles. The first-order valence-corrected chi connectivity index (χ1v) is 6.97. The summed E-state index contributed by atoms with van der Waals surface area (Å²) in [5.74, 6) is 0. The first-order valence-electron chi connectivity index (χ1n) is 6.97. The Morgan fingerprint density at radius 1 is 1.20 bits per heavy atom. The van der Waals surface area contributed by atoms with Crippen molar-refractivity contribution in [1.82, 2.24) is 10.2 Å². The van der Waals surface area contributed by atoms with E-state index >= 15 is 0 Å². The van der Waals surface area contributed by atoms with Crippen molar-refractivity contribution in [3.63, 3.8) is 0 Å². The molecule has 0 aliphatic carbocycles. The fourth-order valence-corrected chi connectivity index (χ4v) is 3.33. The highest BCUT2D eigenvalue weighted by atomic mass is 35.5. The molecule has 0 aromatic heterocycles. The van der Waals surface area contributed by atoms with E-state index in [-0.39, 0.29) is 18.0 Å². The number of halogens is 3. The van der Waals surface area contributed by atoms with Gasteiger partial charge in [0.1, 0.15) is 0 Å². The summed E-state index contributed by atoms with van der Waals surface area (Å²) in [7, 11) is 0. The summed E-state index contributed by atoms with van der Waals surface area (Å²) in [5.41, 5.74) is 1.72. The van der Waals surface area contributed by atoms with Crippen molar-refractivity contribution in [2.24, 2.45) is 5.41 Å². The second-order valence-corrected chi connectivity index (χ2v) is 5.93. The fraction of sp³-hybridized carbons (Fsp3) is 0.600. The number of nitrogens with zero attached hydrogens (tertiary/aromatic N) is 1. The van der Waals surface area contributed by atoms with Crippen molar-refractivity contribution in [1.29, 1.82) is 0 Å². The van der Waals surface area contributed by atoms with Gasteiger partial charge in [-0.15, -0.1) is 12.4 Å². The summed E-state index contributed by atoms with van der Waals surface area (Å²) < 4.78 is 25.0. The molecule has 2 heterocycles. The van der Waals surface area contributed by atoms with E-state index in [1.807, 2.05) is 12.1 Å². The lowest BCUT2D eigenvalue weighted by molar-refractivity contribution is 0.151. The van der Waals surface area contributed by atoms with Gasteiger partial charge in [0, 0.05) is 25.2 Å². The van der Waals surface area contributed by atoms with E-state index in [9.17, 15) is 8.78 Å². The van der Waals surface area contributed by atoms with Crippen LogP contribution < -0.4 is 5.32 Å². The number of likely N-dealkylation sites (tertiary alicyclic amines) is 1. The summed E-state index contributed by atoms with van der Waals surface area (Å²) in [6.45, 7) is 5.41. The summed E-state index contributed by atoms with van der Waals surface area (Å²) in [6.07, 6.45) is 0.164. The van der Waals surface area contributed by atoms with Gasteiger partial charge in [-0.3, -0.25) is 4.90 Å². The largest absolute Gasteiger partial charge is 0.316 e. The minimum Gasteiger partial charge on any atom is -0.316 e. The highest BCUT2D eigenvalue weighted by Gasteiger charge is 2.39. The van der Waals surface area contributed by atoms with Crippen molar-refractivity contribution in [2.75, 3.05) is 26.2 Å². The monoisotopic (exact) mass is 302 g/mol. The molecular weight excluding hydrogens is 282 g/mol. The number of alkyl halides is 2. The first-order chi connectivity index (χ1) is 9.17. The molecule has 2 aliphatic heterocycles. The van der Waals surface area contributed by atoms with Crippen LogP contribution in [0.2, 0.25) is 0 Å². The van der Waals surface area contributed by atoms with Crippen LogP contribution >= 0.6 is 12.4 Å². The number of hydrogen-bond acceptors (Lipinski definition) is 2. The smallest absolute Gasteiger partial charge is 0.263 e. The van der Waals surface area contributed by atoms with Gasteiger partial charge in [-0.25, -0.2) is 8.78 Å². The van der Waals surface area contributed by atoms with Crippen molar-refractivity contribution in [3.05, 3.63) is 35.4 Å². The van der Waals surface area contributed by atoms with Gasteiger partial charge in [-0.1, -0.05) is 24.3 Å². The normalized spacial score (nSPS) is 26.4. The average Bonchev–Trinajstić information content (AvgIpc) is 3.01. The third-order valence-corrected chi connectivity index (χ3v) is 4.49. The first kappa shape index (κ1) is 15.7. The molecule has 3 rings (SSSR count). The maximum absolute atomic E-state index is 12.5. The van der Waals surface area contributed by atoms with Gasteiger partial charge in [-0.05, 0) is 36.9 Å². The number of benzene rings is 1. The van der Waals surface area contributed by atoms with Crippen molar-refractivity contribution >= 4 is 12.4 Å². The summed E-state index contributed by atoms with van der Waals surface area (Å²) in [4.78, 5) is 2.45. The van der Waals surface area contributed by atoms with E-state index in [0.717, 1.165) is 38.3 Å². The predicted octanol–water partition coefficient (Wildman–Crippen LogP) is 3.23. The lowest BCUT2D eigenvalue weighted by Crippen LogP contribution is -2.28. The second kappa shape index (κ2) is 6.37. The van der Waals surface area contributed by atoms with Gasteiger partial charge in [0.15, 0.2) is 0 Å². The van der Waals surface area contributed by atoms with Crippen LogP contribution in [0.25, 0.3) is 0 Å². The molecule has 20 heavy (non-hydrogen) atoms. The van der Waals surface area contributed by atoms with Crippen LogP contribution in [0.1, 0.15) is 30.4 Å². The minimum atomic E-state index is -2.37. The molecule has 2 aliphatic rings. The molecule has 1 unspecified atom stereocenters. The molecule has 112 valence electrons. The van der Waals surface area contributed by atoms with Gasteiger partial charge in [0.2, 0.25) is 0 Å². The highest BCUT2D eigenvalue weighted by molar-refractivity contribution is 5.85. The van der Waals surface area contributed by atoms with Gasteiger partial charge < -0.3 is 5.32 Å². The molecule has 0 saturated carbocycles. The Bertz CT molecular complexity index is 430. The van der Waals surface area contributed by atoms with Crippen molar-refractivity contribution in [2.45, 2.75) is 25.8 Å². The Kier molecular flexibility index (Phi) is 4.99. The SMILES string of the molecule is Cl.FC(F)c1ccc(CN2CCC3(CCNC3)C2)cc1. The molecule has 1 spiro atoms. The molecule has 2 saturated heterocycles. The number of hydrogen-bond donors (Lipinski definition) is 1. The van der Waals surface area contributed by atoms with Crippen molar-refractivity contribution in [3.8, 4) is 0 Å². The number of nitrogens with one attached hydrogen (secondary N) is 1. The van der Waals surface area contributed by atoms with E-state index in [1.54, 1.807) is 12.1 Å². The lowest BCUT2D eigenvalue weighted by Gasteiger charge is -2.22. The number of rotatable bonds is 3. The van der Waals surface area contributed by atoms with Crippen LogP contribution in [0.5, 0.6) is 0 Å². The quantitative estimate of drug-likeness (QED) is 0.922. The van der Waals surface area contributed by atoms with E-state index in [0.29, 0.717) is 5.41 Å². The van der Waals surface area contributed by atoms with Crippen LogP contribution in [-0.4, -0.2) is 31.1 Å². The molecule has 0 bridgehead atoms. The third kappa shape index (κ3) is 3.30. The van der Waals surface area contributed by atoms with Crippen LogP contribution in [0.4, 0.5) is 8.78 Å². The zero-order valence-corrected chi connectivity index (χ0v) is 12.3. The van der Waals surface area contributed by atoms with Gasteiger partial charge in [-0.2, -0.15) is 0 Å². The molecule has 2 nitrogen and oxygen atoms in total. The Morgan fingerprint density at radius 3 is 2.55 bits per heavy atom. The Labute approximate surface area is 124 Å². The summed E-state index contributed by atoms with van der Waals surface area (Å²) in [5, 5.41) is 3.45. The summed E-state index contributed by atoms with van der Waals surface area (Å²) >= 11 is 0. The van der Waals surface area contributed by atoms with E-state index in [1.165, 1.54) is 12.8 Å². The molecule has 2 fully saturated rings. The Balaban J connectivity index is 0.00000147. The van der Waals surface area contributed by atoms with E-state index in [2.05, 4.69) is 10.2 Å². The van der Waals surface area contributed by atoms with Gasteiger partial charge >= 0.3 is 0 Å². The topological polar surface area (TPSA) is 15.3 Å². The van der Waals surface area contributed by atoms with Crippen LogP contribution in [0.3, 0.4) is 0 Å². The molecule has 0 amide bonds. The average molecular weight is 303 g/mol. The standard InChI is InChI=1S/C15H20F2N2.ClH/c16-14(17)13-3-1-12(2-4-13)9-19-8-6-15(11-19)5-7-18-10-15;/h1-4,14,18H,5-11H2;1H. The lowest BCUT2D eigenvalue weighted by atomic mass is 9.86. The van der Waals surface area contributed by atoms with Crippen LogP contribution in [0.15, 0.2) is 24.3 Å². The fourth-order valence-electron chi connectivity index (χ4n) is 3.33. The molecule has 5 heteroatoms. The molecule has 1 N–H and O–H groups in total. The summed E-state index contributed by atoms with van der Waals surface area (Å²) in [6, 6.07) is 6.75.